The number of hydrogen-bond acceptors (Lipinski definition) is 6. The van der Waals surface area contributed by atoms with E-state index in [0.29, 0.717) is 12.3 Å². The van der Waals surface area contributed by atoms with Crippen LogP contribution in [-0.4, -0.2) is 43.1 Å². The maximum Gasteiger partial charge on any atom is 0.236 e. The summed E-state index contributed by atoms with van der Waals surface area (Å²) in [5.74, 6) is 1.84. The Labute approximate surface area is 183 Å². The maximum atomic E-state index is 13.7. The summed E-state index contributed by atoms with van der Waals surface area (Å²) in [5, 5.41) is 2.98. The summed E-state index contributed by atoms with van der Waals surface area (Å²) in [5.41, 5.74) is -0.473. The van der Waals surface area contributed by atoms with Crippen LogP contribution in [-0.2, 0) is 23.7 Å². The lowest BCUT2D eigenvalue weighted by molar-refractivity contribution is -0.351. The zero-order chi connectivity index (χ0) is 22.8. The topological polar surface area (TPSA) is 75.3 Å². The van der Waals surface area contributed by atoms with Gasteiger partial charge in [-0.15, -0.1) is 12.8 Å². The molecule has 2 atom stereocenters. The predicted octanol–water partition coefficient (Wildman–Crippen LogP) is 3.30. The monoisotopic (exact) mass is 427 g/mol. The van der Waals surface area contributed by atoms with Gasteiger partial charge in [-0.05, 0) is 52.0 Å². The van der Waals surface area contributed by atoms with Crippen LogP contribution < -0.4 is 10.1 Å². The minimum absolute atomic E-state index is 0.0496. The van der Waals surface area contributed by atoms with E-state index in [9.17, 15) is 4.79 Å². The Bertz CT molecular complexity index is 862. The highest BCUT2D eigenvalue weighted by molar-refractivity contribution is 5.96. The van der Waals surface area contributed by atoms with Crippen molar-refractivity contribution in [3.05, 3.63) is 24.3 Å². The lowest BCUT2D eigenvalue weighted by Crippen LogP contribution is -2.47. The van der Waals surface area contributed by atoms with E-state index in [-0.39, 0.29) is 32.0 Å². The van der Waals surface area contributed by atoms with Crippen molar-refractivity contribution in [2.24, 2.45) is 5.41 Å². The van der Waals surface area contributed by atoms with Crippen LogP contribution in [0.1, 0.15) is 40.5 Å². The van der Waals surface area contributed by atoms with E-state index >= 15 is 0 Å². The first-order valence-corrected chi connectivity index (χ1v) is 10.2. The van der Waals surface area contributed by atoms with Crippen LogP contribution in [0.15, 0.2) is 24.3 Å². The molecule has 1 N–H and O–H groups in total. The summed E-state index contributed by atoms with van der Waals surface area (Å²) in [6, 6.07) is 7.16. The summed E-state index contributed by atoms with van der Waals surface area (Å²) in [6.45, 7) is 7.80. The number of nitrogens with one attached hydrogen (secondary N) is 1. The first-order chi connectivity index (χ1) is 14.6. The van der Waals surface area contributed by atoms with Crippen molar-refractivity contribution in [3.8, 4) is 30.4 Å². The molecule has 31 heavy (non-hydrogen) atoms. The van der Waals surface area contributed by atoms with Gasteiger partial charge in [-0.3, -0.25) is 4.79 Å². The zero-order valence-electron chi connectivity index (χ0n) is 18.4. The number of carbonyl (C=O) groups excluding carboxylic acids is 1. The predicted molar refractivity (Wildman–Crippen MR) is 115 cm³/mol. The van der Waals surface area contributed by atoms with Gasteiger partial charge in [0, 0.05) is 18.5 Å². The van der Waals surface area contributed by atoms with Crippen LogP contribution in [0, 0.1) is 30.1 Å². The number of anilines is 1. The molecule has 2 aliphatic heterocycles. The van der Waals surface area contributed by atoms with Gasteiger partial charge in [0.2, 0.25) is 5.91 Å². The van der Waals surface area contributed by atoms with Crippen molar-refractivity contribution in [1.29, 1.82) is 0 Å². The van der Waals surface area contributed by atoms with Crippen LogP contribution in [0.2, 0.25) is 0 Å². The first-order valence-electron chi connectivity index (χ1n) is 10.2. The Hall–Kier alpha value is -2.55. The third kappa shape index (κ3) is 4.42. The second-order valence-electron chi connectivity index (χ2n) is 8.25. The summed E-state index contributed by atoms with van der Waals surface area (Å²) in [6.07, 6.45) is 11.2. The normalized spacial score (nSPS) is 33.9. The molecule has 3 rings (SSSR count). The minimum atomic E-state index is -1.31. The fourth-order valence-corrected chi connectivity index (χ4v) is 4.56. The van der Waals surface area contributed by atoms with Crippen LogP contribution in [0.4, 0.5) is 5.69 Å². The van der Waals surface area contributed by atoms with Gasteiger partial charge in [-0.1, -0.05) is 11.8 Å². The van der Waals surface area contributed by atoms with Crippen molar-refractivity contribution in [3.63, 3.8) is 0 Å². The molecule has 0 bridgehead atoms. The van der Waals surface area contributed by atoms with E-state index in [1.54, 1.807) is 45.0 Å². The van der Waals surface area contributed by atoms with Crippen LogP contribution >= 0.6 is 0 Å². The summed E-state index contributed by atoms with van der Waals surface area (Å²) in [4.78, 5) is 13.7. The lowest BCUT2D eigenvalue weighted by Gasteiger charge is -2.33. The Kier molecular flexibility index (Phi) is 6.36. The van der Waals surface area contributed by atoms with Crippen LogP contribution in [0.5, 0.6) is 5.75 Å². The molecule has 0 aliphatic carbocycles. The van der Waals surface area contributed by atoms with Crippen LogP contribution in [0.3, 0.4) is 0 Å². The number of benzene rings is 1. The SMILES string of the molecule is C#CCO[C@]1(C)CC2(C(=O)Nc3ccc(OCC)cc3)C[C@@](C)(OCC#C)OC2(C)O1. The molecule has 2 fully saturated rings. The number of carbonyl (C=O) groups is 1. The van der Waals surface area contributed by atoms with Crippen molar-refractivity contribution in [2.75, 3.05) is 25.1 Å². The molecule has 2 aliphatic rings. The maximum absolute atomic E-state index is 13.7. The number of terminal acetylenes is 2. The van der Waals surface area contributed by atoms with Crippen LogP contribution in [0.25, 0.3) is 0 Å². The van der Waals surface area contributed by atoms with E-state index < -0.39 is 22.8 Å². The first kappa shape index (κ1) is 23.1. The fourth-order valence-electron chi connectivity index (χ4n) is 4.56. The minimum Gasteiger partial charge on any atom is -0.494 e. The third-order valence-electron chi connectivity index (χ3n) is 5.72. The van der Waals surface area contributed by atoms with Gasteiger partial charge in [0.05, 0.1) is 6.61 Å². The van der Waals surface area contributed by atoms with Gasteiger partial charge in [-0.25, -0.2) is 0 Å². The van der Waals surface area contributed by atoms with Gasteiger partial charge in [0.1, 0.15) is 24.4 Å². The van der Waals surface area contributed by atoms with Gasteiger partial charge in [0.15, 0.2) is 17.4 Å². The van der Waals surface area contributed by atoms with Gasteiger partial charge < -0.3 is 29.0 Å². The molecule has 7 nitrogen and oxygen atoms in total. The quantitative estimate of drug-likeness (QED) is 0.642. The van der Waals surface area contributed by atoms with E-state index in [1.165, 1.54) is 0 Å². The van der Waals surface area contributed by atoms with E-state index in [0.717, 1.165) is 5.75 Å². The summed E-state index contributed by atoms with van der Waals surface area (Å²) >= 11 is 0. The molecule has 0 radical (unpaired) electrons. The Morgan fingerprint density at radius 1 is 1.03 bits per heavy atom. The van der Waals surface area contributed by atoms with E-state index in [4.69, 9.17) is 36.5 Å². The number of amides is 1. The molecule has 166 valence electrons. The van der Waals surface area contributed by atoms with E-state index in [2.05, 4.69) is 17.2 Å². The summed E-state index contributed by atoms with van der Waals surface area (Å²) < 4.78 is 29.4. The molecule has 0 unspecified atom stereocenters. The van der Waals surface area contributed by atoms with Crippen molar-refractivity contribution in [1.82, 2.24) is 0 Å². The zero-order valence-corrected chi connectivity index (χ0v) is 18.4. The molecule has 7 heteroatoms. The van der Waals surface area contributed by atoms with Crippen molar-refractivity contribution < 1.29 is 28.5 Å². The highest BCUT2D eigenvalue weighted by Gasteiger charge is 2.74. The summed E-state index contributed by atoms with van der Waals surface area (Å²) in [7, 11) is 0. The largest absolute Gasteiger partial charge is 0.494 e. The molecular formula is C24H29NO6. The molecule has 1 aromatic carbocycles. The standard InChI is InChI=1S/C24H29NO6/c1-7-14-28-21(4)16-24(17-22(5,29-15-8-2)31-23(24,6)30-21)20(26)25-18-10-12-19(13-11-18)27-9-3/h1-2,10-13H,9,14-17H2,3-6H3,(H,25,26)/t21-,22-,23?,24?/m0/s1. The third-order valence-corrected chi connectivity index (χ3v) is 5.72. The second-order valence-corrected chi connectivity index (χ2v) is 8.25. The Morgan fingerprint density at radius 3 is 2.00 bits per heavy atom. The second kappa shape index (κ2) is 8.53. The number of hydrogen-bond donors (Lipinski definition) is 1. The molecule has 2 heterocycles. The smallest absolute Gasteiger partial charge is 0.236 e. The molecule has 0 aromatic heterocycles. The average molecular weight is 427 g/mol. The number of fused-ring (bicyclic) bond motifs is 1. The molecule has 2 saturated heterocycles. The molecule has 0 spiro atoms. The molecule has 1 amide bonds. The number of ether oxygens (including phenoxy) is 5. The van der Waals surface area contributed by atoms with Gasteiger partial charge >= 0.3 is 0 Å². The Morgan fingerprint density at radius 2 is 1.55 bits per heavy atom. The highest BCUT2D eigenvalue weighted by atomic mass is 16.8. The van der Waals surface area contributed by atoms with Crippen molar-refractivity contribution in [2.45, 2.75) is 57.9 Å². The van der Waals surface area contributed by atoms with Crippen molar-refractivity contribution >= 4 is 11.6 Å². The average Bonchev–Trinajstić information content (AvgIpc) is 3.06. The molecule has 0 saturated carbocycles. The number of rotatable bonds is 8. The van der Waals surface area contributed by atoms with Gasteiger partial charge in [0.25, 0.3) is 0 Å². The van der Waals surface area contributed by atoms with E-state index in [1.807, 2.05) is 6.92 Å². The van der Waals surface area contributed by atoms with Gasteiger partial charge in [-0.2, -0.15) is 0 Å². The molecule has 1 aromatic rings. The fraction of sp³-hybridized carbons (Fsp3) is 0.542. The highest BCUT2D eigenvalue weighted by Crippen LogP contribution is 2.62. The lowest BCUT2D eigenvalue weighted by atomic mass is 9.74. The Balaban J connectivity index is 1.90. The molecular weight excluding hydrogens is 398 g/mol.